The standard InChI is InChI=1S/C15H22N4O5S/c1-18(12-6-9-16-10-7-12)15(20)8-11-17-25(23,24)14-4-2-13(3-5-14)19(21)22/h2-5,12,16-17H,6-11H2,1H3. The van der Waals surface area contributed by atoms with Crippen LogP contribution < -0.4 is 10.0 Å². The van der Waals surface area contributed by atoms with Gasteiger partial charge < -0.3 is 10.2 Å². The van der Waals surface area contributed by atoms with Gasteiger partial charge in [0.15, 0.2) is 0 Å². The Morgan fingerprint density at radius 2 is 1.92 bits per heavy atom. The molecule has 1 heterocycles. The number of sulfonamides is 1. The molecule has 138 valence electrons. The summed E-state index contributed by atoms with van der Waals surface area (Å²) in [5.74, 6) is -0.113. The van der Waals surface area contributed by atoms with Gasteiger partial charge in [0, 0.05) is 38.2 Å². The Kier molecular flexibility index (Phi) is 6.45. The number of non-ortho nitro benzene ring substituents is 1. The molecule has 0 saturated carbocycles. The number of nitro groups is 1. The number of nitro benzene ring substituents is 1. The number of hydrogen-bond donors (Lipinski definition) is 2. The average molecular weight is 370 g/mol. The Morgan fingerprint density at radius 3 is 2.48 bits per heavy atom. The molecule has 1 saturated heterocycles. The fraction of sp³-hybridized carbons (Fsp3) is 0.533. The molecule has 0 aromatic heterocycles. The zero-order valence-electron chi connectivity index (χ0n) is 14.0. The summed E-state index contributed by atoms with van der Waals surface area (Å²) in [6, 6.07) is 4.78. The lowest BCUT2D eigenvalue weighted by Crippen LogP contribution is -2.44. The first-order valence-corrected chi connectivity index (χ1v) is 9.50. The average Bonchev–Trinajstić information content (AvgIpc) is 2.61. The van der Waals surface area contributed by atoms with E-state index in [1.807, 2.05) is 0 Å². The highest BCUT2D eigenvalue weighted by Gasteiger charge is 2.22. The Labute approximate surface area is 146 Å². The van der Waals surface area contributed by atoms with E-state index in [4.69, 9.17) is 0 Å². The minimum absolute atomic E-state index is 0.0204. The number of benzene rings is 1. The number of hydrogen-bond acceptors (Lipinski definition) is 6. The minimum Gasteiger partial charge on any atom is -0.343 e. The third-order valence-corrected chi connectivity index (χ3v) is 5.72. The van der Waals surface area contributed by atoms with Gasteiger partial charge in [-0.2, -0.15) is 0 Å². The van der Waals surface area contributed by atoms with E-state index >= 15 is 0 Å². The molecule has 1 amide bonds. The SMILES string of the molecule is CN(C(=O)CCNS(=O)(=O)c1ccc([N+](=O)[O-])cc1)C1CCNCC1. The van der Waals surface area contributed by atoms with Crippen LogP contribution in [-0.4, -0.2) is 56.9 Å². The molecule has 2 rings (SSSR count). The molecule has 9 nitrogen and oxygen atoms in total. The van der Waals surface area contributed by atoms with E-state index in [1.54, 1.807) is 11.9 Å². The van der Waals surface area contributed by atoms with Crippen molar-refractivity contribution in [1.82, 2.24) is 14.9 Å². The summed E-state index contributed by atoms with van der Waals surface area (Å²) in [7, 11) is -2.06. The molecule has 2 N–H and O–H groups in total. The number of piperidine rings is 1. The van der Waals surface area contributed by atoms with Crippen LogP contribution >= 0.6 is 0 Å². The van der Waals surface area contributed by atoms with Crippen molar-refractivity contribution >= 4 is 21.6 Å². The fourth-order valence-corrected chi connectivity index (χ4v) is 3.73. The third-order valence-electron chi connectivity index (χ3n) is 4.24. The minimum atomic E-state index is -3.80. The second kappa shape index (κ2) is 8.37. The van der Waals surface area contributed by atoms with Gasteiger partial charge in [-0.3, -0.25) is 14.9 Å². The van der Waals surface area contributed by atoms with Crippen molar-refractivity contribution in [2.45, 2.75) is 30.2 Å². The molecule has 25 heavy (non-hydrogen) atoms. The van der Waals surface area contributed by atoms with Crippen molar-refractivity contribution in [1.29, 1.82) is 0 Å². The maximum atomic E-state index is 12.2. The van der Waals surface area contributed by atoms with Crippen LogP contribution in [0.3, 0.4) is 0 Å². The predicted octanol–water partition coefficient (Wildman–Crippen LogP) is 0.474. The molecule has 1 aliphatic heterocycles. The predicted molar refractivity (Wildman–Crippen MR) is 91.6 cm³/mol. The first-order chi connectivity index (χ1) is 11.8. The van der Waals surface area contributed by atoms with Crippen molar-refractivity contribution in [3.05, 3.63) is 34.4 Å². The molecule has 0 aliphatic carbocycles. The van der Waals surface area contributed by atoms with E-state index in [-0.39, 0.29) is 35.5 Å². The molecule has 1 aliphatic rings. The summed E-state index contributed by atoms with van der Waals surface area (Å²) >= 11 is 0. The summed E-state index contributed by atoms with van der Waals surface area (Å²) in [4.78, 5) is 23.8. The van der Waals surface area contributed by atoms with Gasteiger partial charge in [-0.25, -0.2) is 13.1 Å². The van der Waals surface area contributed by atoms with Crippen LogP contribution in [0.5, 0.6) is 0 Å². The zero-order chi connectivity index (χ0) is 18.4. The van der Waals surface area contributed by atoms with Gasteiger partial charge >= 0.3 is 0 Å². The Morgan fingerprint density at radius 1 is 1.32 bits per heavy atom. The number of nitrogens with zero attached hydrogens (tertiary/aromatic N) is 2. The molecule has 0 atom stereocenters. The Balaban J connectivity index is 1.86. The molecule has 0 radical (unpaired) electrons. The molecule has 10 heteroatoms. The summed E-state index contributed by atoms with van der Waals surface area (Å²) in [6.45, 7) is 1.72. The Bertz CT molecular complexity index is 714. The first-order valence-electron chi connectivity index (χ1n) is 8.02. The molecular weight excluding hydrogens is 348 g/mol. The van der Waals surface area contributed by atoms with Crippen LogP contribution in [0.4, 0.5) is 5.69 Å². The van der Waals surface area contributed by atoms with Gasteiger partial charge in [-0.1, -0.05) is 0 Å². The lowest BCUT2D eigenvalue weighted by Gasteiger charge is -2.31. The second-order valence-electron chi connectivity index (χ2n) is 5.88. The summed E-state index contributed by atoms with van der Waals surface area (Å²) in [5, 5.41) is 13.8. The maximum Gasteiger partial charge on any atom is 0.269 e. The maximum absolute atomic E-state index is 12.2. The number of carbonyl (C=O) groups excluding carboxylic acids is 1. The topological polar surface area (TPSA) is 122 Å². The number of nitrogens with one attached hydrogen (secondary N) is 2. The molecule has 1 aromatic rings. The highest BCUT2D eigenvalue weighted by Crippen LogP contribution is 2.16. The third kappa shape index (κ3) is 5.21. The van der Waals surface area contributed by atoms with Crippen LogP contribution in [0.25, 0.3) is 0 Å². The van der Waals surface area contributed by atoms with Gasteiger partial charge in [0.05, 0.1) is 9.82 Å². The quantitative estimate of drug-likeness (QED) is 0.532. The van der Waals surface area contributed by atoms with E-state index in [2.05, 4.69) is 10.0 Å². The number of amides is 1. The molecule has 1 aromatic carbocycles. The highest BCUT2D eigenvalue weighted by molar-refractivity contribution is 7.89. The monoisotopic (exact) mass is 370 g/mol. The molecule has 1 fully saturated rings. The lowest BCUT2D eigenvalue weighted by atomic mass is 10.1. The normalized spacial score (nSPS) is 15.7. The van der Waals surface area contributed by atoms with E-state index in [9.17, 15) is 23.3 Å². The summed E-state index contributed by atoms with van der Waals surface area (Å²) < 4.78 is 26.7. The molecule has 0 unspecified atom stereocenters. The van der Waals surface area contributed by atoms with Crippen LogP contribution in [0.2, 0.25) is 0 Å². The number of rotatable bonds is 7. The van der Waals surface area contributed by atoms with Crippen molar-refractivity contribution in [3.63, 3.8) is 0 Å². The number of carbonyl (C=O) groups is 1. The van der Waals surface area contributed by atoms with Gasteiger partial charge in [0.1, 0.15) is 0 Å². The van der Waals surface area contributed by atoms with E-state index < -0.39 is 14.9 Å². The van der Waals surface area contributed by atoms with Gasteiger partial charge in [-0.15, -0.1) is 0 Å². The molecular formula is C15H22N4O5S. The van der Waals surface area contributed by atoms with Crippen LogP contribution in [0.1, 0.15) is 19.3 Å². The van der Waals surface area contributed by atoms with E-state index in [0.29, 0.717) is 0 Å². The summed E-state index contributed by atoms with van der Waals surface area (Å²) in [5.41, 5.74) is -0.183. The van der Waals surface area contributed by atoms with Crippen LogP contribution in [0.15, 0.2) is 29.2 Å². The zero-order valence-corrected chi connectivity index (χ0v) is 14.8. The molecule has 0 bridgehead atoms. The first kappa shape index (κ1) is 19.3. The lowest BCUT2D eigenvalue weighted by molar-refractivity contribution is -0.384. The highest BCUT2D eigenvalue weighted by atomic mass is 32.2. The van der Waals surface area contributed by atoms with Crippen molar-refractivity contribution in [2.75, 3.05) is 26.7 Å². The fourth-order valence-electron chi connectivity index (χ4n) is 2.70. The largest absolute Gasteiger partial charge is 0.343 e. The van der Waals surface area contributed by atoms with Gasteiger partial charge in [0.2, 0.25) is 15.9 Å². The van der Waals surface area contributed by atoms with Gasteiger partial charge in [-0.05, 0) is 38.1 Å². The second-order valence-corrected chi connectivity index (χ2v) is 7.65. The van der Waals surface area contributed by atoms with Crippen molar-refractivity contribution in [2.24, 2.45) is 0 Å². The van der Waals surface area contributed by atoms with Crippen molar-refractivity contribution < 1.29 is 18.1 Å². The van der Waals surface area contributed by atoms with Crippen LogP contribution in [-0.2, 0) is 14.8 Å². The van der Waals surface area contributed by atoms with Crippen LogP contribution in [0, 0.1) is 10.1 Å². The Hall–Kier alpha value is -2.04. The van der Waals surface area contributed by atoms with E-state index in [1.165, 1.54) is 12.1 Å². The van der Waals surface area contributed by atoms with E-state index in [0.717, 1.165) is 38.1 Å². The smallest absolute Gasteiger partial charge is 0.269 e. The van der Waals surface area contributed by atoms with Crippen molar-refractivity contribution in [3.8, 4) is 0 Å². The van der Waals surface area contributed by atoms with Gasteiger partial charge in [0.25, 0.3) is 5.69 Å². The summed E-state index contributed by atoms with van der Waals surface area (Å²) in [6.07, 6.45) is 1.83. The molecule has 0 spiro atoms.